The van der Waals surface area contributed by atoms with E-state index in [4.69, 9.17) is 16.3 Å². The summed E-state index contributed by atoms with van der Waals surface area (Å²) in [6.45, 7) is 2.17. The maximum Gasteiger partial charge on any atom is 0.359 e. The molecule has 1 saturated carbocycles. The average Bonchev–Trinajstić information content (AvgIpc) is 2.60. The fraction of sp³-hybridized carbons (Fsp3) is 0.625. The highest BCUT2D eigenvalue weighted by Gasteiger charge is 2.23. The zero-order chi connectivity index (χ0) is 17.5. The fourth-order valence-electron chi connectivity index (χ4n) is 2.64. The number of nitrogens with one attached hydrogen (secondary N) is 1. The normalized spacial score (nSPS) is 16.5. The van der Waals surface area contributed by atoms with Gasteiger partial charge < -0.3 is 10.1 Å². The van der Waals surface area contributed by atoms with Gasteiger partial charge in [0, 0.05) is 6.54 Å². The highest BCUT2D eigenvalue weighted by atomic mass is 35.5. The summed E-state index contributed by atoms with van der Waals surface area (Å²) < 4.78 is 5.18. The van der Waals surface area contributed by atoms with Crippen LogP contribution in [-0.4, -0.2) is 40.7 Å². The van der Waals surface area contributed by atoms with Gasteiger partial charge >= 0.3 is 5.97 Å². The van der Waals surface area contributed by atoms with Crippen LogP contribution in [-0.2, 0) is 9.53 Å². The van der Waals surface area contributed by atoms with Gasteiger partial charge in [0.2, 0.25) is 0 Å². The van der Waals surface area contributed by atoms with Crippen molar-refractivity contribution >= 4 is 35.2 Å². The Morgan fingerprint density at radius 1 is 1.42 bits per heavy atom. The molecule has 2 rings (SSSR count). The standard InChI is InChI=1S/C16H22ClN3O3S/c1-10(14(21)18-8-11-6-4-3-5-7-11)23-15(22)13-12(17)9-19-16(20-13)24-2/h9-11H,3-8H2,1-2H3,(H,18,21)/t10-/m1/s1. The lowest BCUT2D eigenvalue weighted by Crippen LogP contribution is -2.38. The lowest BCUT2D eigenvalue weighted by molar-refractivity contribution is -0.129. The minimum absolute atomic E-state index is 0.0250. The molecule has 1 aromatic rings. The summed E-state index contributed by atoms with van der Waals surface area (Å²) in [5.74, 6) is -0.506. The van der Waals surface area contributed by atoms with Gasteiger partial charge in [-0.2, -0.15) is 0 Å². The summed E-state index contributed by atoms with van der Waals surface area (Å²) in [6, 6.07) is 0. The molecule has 24 heavy (non-hydrogen) atoms. The van der Waals surface area contributed by atoms with Crippen LogP contribution >= 0.6 is 23.4 Å². The van der Waals surface area contributed by atoms with E-state index in [1.165, 1.54) is 37.2 Å². The molecule has 8 heteroatoms. The van der Waals surface area contributed by atoms with Gasteiger partial charge in [0.1, 0.15) is 0 Å². The Morgan fingerprint density at radius 2 is 2.12 bits per heavy atom. The first-order valence-corrected chi connectivity index (χ1v) is 9.66. The van der Waals surface area contributed by atoms with Crippen LogP contribution in [0.2, 0.25) is 5.02 Å². The van der Waals surface area contributed by atoms with Gasteiger partial charge in [0.15, 0.2) is 17.0 Å². The van der Waals surface area contributed by atoms with Crippen LogP contribution in [0, 0.1) is 5.92 Å². The predicted molar refractivity (Wildman–Crippen MR) is 93.3 cm³/mol. The minimum atomic E-state index is -0.898. The minimum Gasteiger partial charge on any atom is -0.448 e. The summed E-state index contributed by atoms with van der Waals surface area (Å²) in [5.41, 5.74) is -0.0250. The number of hydrogen-bond acceptors (Lipinski definition) is 6. The maximum atomic E-state index is 12.2. The highest BCUT2D eigenvalue weighted by Crippen LogP contribution is 2.23. The molecule has 1 aromatic heterocycles. The molecule has 0 saturated heterocycles. The molecule has 0 spiro atoms. The molecule has 132 valence electrons. The summed E-state index contributed by atoms with van der Waals surface area (Å²) in [7, 11) is 0. The van der Waals surface area contributed by atoms with Crippen molar-refractivity contribution < 1.29 is 14.3 Å². The number of carbonyl (C=O) groups is 2. The first-order valence-electron chi connectivity index (χ1n) is 8.06. The number of halogens is 1. The summed E-state index contributed by atoms with van der Waals surface area (Å²) in [4.78, 5) is 32.3. The van der Waals surface area contributed by atoms with Crippen LogP contribution in [0.1, 0.15) is 49.5 Å². The third-order valence-electron chi connectivity index (χ3n) is 4.04. The second-order valence-corrected chi connectivity index (χ2v) is 7.03. The first-order chi connectivity index (χ1) is 11.5. The lowest BCUT2D eigenvalue weighted by Gasteiger charge is -2.22. The maximum absolute atomic E-state index is 12.2. The molecule has 0 radical (unpaired) electrons. The van der Waals surface area contributed by atoms with Crippen LogP contribution in [0.4, 0.5) is 0 Å². The van der Waals surface area contributed by atoms with Crippen LogP contribution in [0.25, 0.3) is 0 Å². The van der Waals surface area contributed by atoms with E-state index >= 15 is 0 Å². The molecular formula is C16H22ClN3O3S. The van der Waals surface area contributed by atoms with Gasteiger partial charge in [0.25, 0.3) is 5.91 Å². The van der Waals surface area contributed by atoms with Crippen molar-refractivity contribution in [2.75, 3.05) is 12.8 Å². The van der Waals surface area contributed by atoms with Crippen molar-refractivity contribution in [1.29, 1.82) is 0 Å². The van der Waals surface area contributed by atoms with Crippen LogP contribution < -0.4 is 5.32 Å². The van der Waals surface area contributed by atoms with Gasteiger partial charge in [-0.15, -0.1) is 0 Å². The van der Waals surface area contributed by atoms with Crippen molar-refractivity contribution in [3.63, 3.8) is 0 Å². The van der Waals surface area contributed by atoms with Crippen molar-refractivity contribution in [1.82, 2.24) is 15.3 Å². The van der Waals surface area contributed by atoms with Crippen molar-refractivity contribution in [2.45, 2.75) is 50.3 Å². The zero-order valence-corrected chi connectivity index (χ0v) is 15.5. The quantitative estimate of drug-likeness (QED) is 0.470. The van der Waals surface area contributed by atoms with Crippen molar-refractivity contribution in [3.8, 4) is 0 Å². The average molecular weight is 372 g/mol. The Bertz CT molecular complexity index is 594. The molecule has 1 N–H and O–H groups in total. The third-order valence-corrected chi connectivity index (χ3v) is 4.88. The number of esters is 1. The van der Waals surface area contributed by atoms with E-state index in [0.29, 0.717) is 17.6 Å². The van der Waals surface area contributed by atoms with Gasteiger partial charge in [-0.1, -0.05) is 42.6 Å². The Labute approximate surface area is 151 Å². The van der Waals surface area contributed by atoms with E-state index in [-0.39, 0.29) is 16.6 Å². The number of amides is 1. The lowest BCUT2D eigenvalue weighted by atomic mass is 9.89. The van der Waals surface area contributed by atoms with Crippen LogP contribution in [0.15, 0.2) is 11.4 Å². The number of hydrogen-bond donors (Lipinski definition) is 1. The molecule has 1 aliphatic carbocycles. The van der Waals surface area contributed by atoms with Crippen molar-refractivity contribution in [3.05, 3.63) is 16.9 Å². The molecule has 0 aliphatic heterocycles. The first kappa shape index (κ1) is 19.0. The van der Waals surface area contributed by atoms with Gasteiger partial charge in [0.05, 0.1) is 11.2 Å². The molecule has 1 aliphatic rings. The molecule has 0 aromatic carbocycles. The number of thioether (sulfide) groups is 1. The molecule has 6 nitrogen and oxygen atoms in total. The van der Waals surface area contributed by atoms with Crippen LogP contribution in [0.3, 0.4) is 0 Å². The van der Waals surface area contributed by atoms with E-state index in [0.717, 1.165) is 12.8 Å². The van der Waals surface area contributed by atoms with E-state index < -0.39 is 12.1 Å². The number of rotatable bonds is 6. The number of ether oxygens (including phenoxy) is 1. The molecule has 1 atom stereocenters. The molecule has 1 fully saturated rings. The Morgan fingerprint density at radius 3 is 2.79 bits per heavy atom. The summed E-state index contributed by atoms with van der Waals surface area (Å²) >= 11 is 7.23. The number of nitrogens with zero attached hydrogens (tertiary/aromatic N) is 2. The zero-order valence-electron chi connectivity index (χ0n) is 13.9. The SMILES string of the molecule is CSc1ncc(Cl)c(C(=O)O[C@H](C)C(=O)NCC2CCCCC2)n1. The molecule has 0 bridgehead atoms. The van der Waals surface area contributed by atoms with Gasteiger partial charge in [-0.3, -0.25) is 4.79 Å². The van der Waals surface area contributed by atoms with Gasteiger partial charge in [-0.05, 0) is 31.9 Å². The fourth-order valence-corrected chi connectivity index (χ4v) is 3.15. The molecule has 1 amide bonds. The summed E-state index contributed by atoms with van der Waals surface area (Å²) in [6.07, 6.45) is 8.24. The molecular weight excluding hydrogens is 350 g/mol. The van der Waals surface area contributed by atoms with E-state index in [1.54, 1.807) is 13.2 Å². The van der Waals surface area contributed by atoms with Crippen LogP contribution in [0.5, 0.6) is 0 Å². The largest absolute Gasteiger partial charge is 0.448 e. The second-order valence-electron chi connectivity index (χ2n) is 5.85. The predicted octanol–water partition coefficient (Wildman–Crippen LogP) is 3.09. The molecule has 0 unspecified atom stereocenters. The Kier molecular flexibility index (Phi) is 7.30. The highest BCUT2D eigenvalue weighted by molar-refractivity contribution is 7.98. The second kappa shape index (κ2) is 9.22. The topological polar surface area (TPSA) is 81.2 Å². The van der Waals surface area contributed by atoms with E-state index in [2.05, 4.69) is 15.3 Å². The number of carbonyl (C=O) groups excluding carboxylic acids is 2. The van der Waals surface area contributed by atoms with Gasteiger partial charge in [-0.25, -0.2) is 14.8 Å². The van der Waals surface area contributed by atoms with E-state index in [1.807, 2.05) is 0 Å². The Balaban J connectivity index is 1.87. The Hall–Kier alpha value is -1.34. The third kappa shape index (κ3) is 5.34. The smallest absolute Gasteiger partial charge is 0.359 e. The monoisotopic (exact) mass is 371 g/mol. The number of aromatic nitrogens is 2. The van der Waals surface area contributed by atoms with Crippen molar-refractivity contribution in [2.24, 2.45) is 5.92 Å². The summed E-state index contributed by atoms with van der Waals surface area (Å²) in [5, 5.41) is 3.38. The molecule has 1 heterocycles. The van der Waals surface area contributed by atoms with E-state index in [9.17, 15) is 9.59 Å².